The minimum atomic E-state index is -1.17. The van der Waals surface area contributed by atoms with E-state index < -0.39 is 42.0 Å². The summed E-state index contributed by atoms with van der Waals surface area (Å²) in [5, 5.41) is 0. The second-order valence-electron chi connectivity index (χ2n) is 7.72. The van der Waals surface area contributed by atoms with E-state index in [-0.39, 0.29) is 23.7 Å². The molecule has 2 N–H and O–H groups in total. The van der Waals surface area contributed by atoms with Gasteiger partial charge in [-0.2, -0.15) is 0 Å². The zero-order valence-electron chi connectivity index (χ0n) is 17.3. The minimum Gasteiger partial charge on any atom is -0.320 e. The molecule has 0 aliphatic heterocycles. The smallest absolute Gasteiger partial charge is 0.246 e. The van der Waals surface area contributed by atoms with Crippen LogP contribution in [0.25, 0.3) is 0 Å². The lowest BCUT2D eigenvalue weighted by atomic mass is 9.93. The van der Waals surface area contributed by atoms with Crippen molar-refractivity contribution >= 4 is 17.6 Å². The van der Waals surface area contributed by atoms with E-state index in [0.717, 1.165) is 17.0 Å². The van der Waals surface area contributed by atoms with Gasteiger partial charge in [-0.3, -0.25) is 19.3 Å². The molecule has 0 bridgehead atoms. The molecule has 0 aliphatic carbocycles. The Hall–Kier alpha value is -2.93. The zero-order valence-corrected chi connectivity index (χ0v) is 17.3. The molecular formula is C23H26F2N2O3. The molecule has 0 saturated carbocycles. The molecule has 2 amide bonds. The van der Waals surface area contributed by atoms with Gasteiger partial charge >= 0.3 is 0 Å². The number of carbonyl (C=O) groups excluding carboxylic acids is 3. The molecule has 5 nitrogen and oxygen atoms in total. The quantitative estimate of drug-likeness (QED) is 0.714. The summed E-state index contributed by atoms with van der Waals surface area (Å²) >= 11 is 0. The molecular weight excluding hydrogens is 390 g/mol. The van der Waals surface area contributed by atoms with Crippen LogP contribution in [0.3, 0.4) is 0 Å². The van der Waals surface area contributed by atoms with E-state index in [1.807, 2.05) is 13.8 Å². The molecule has 2 aromatic rings. The monoisotopic (exact) mass is 416 g/mol. The van der Waals surface area contributed by atoms with Gasteiger partial charge in [0, 0.05) is 12.5 Å². The van der Waals surface area contributed by atoms with E-state index in [1.165, 1.54) is 6.92 Å². The number of carbonyl (C=O) groups is 3. The van der Waals surface area contributed by atoms with Crippen LogP contribution in [0.1, 0.15) is 44.4 Å². The van der Waals surface area contributed by atoms with Crippen molar-refractivity contribution in [2.45, 2.75) is 45.7 Å². The van der Waals surface area contributed by atoms with Gasteiger partial charge in [-0.1, -0.05) is 44.2 Å². The van der Waals surface area contributed by atoms with Crippen LogP contribution in [0, 0.1) is 17.6 Å². The number of Topliss-reactive ketones (excluding diaryl/α,β-unsaturated/α-hetero) is 1. The Morgan fingerprint density at radius 1 is 0.967 bits per heavy atom. The van der Waals surface area contributed by atoms with Crippen molar-refractivity contribution in [2.75, 3.05) is 0 Å². The highest BCUT2D eigenvalue weighted by molar-refractivity contribution is 6.03. The second kappa shape index (κ2) is 10.2. The molecule has 0 aliphatic rings. The van der Waals surface area contributed by atoms with Gasteiger partial charge in [0.1, 0.15) is 17.7 Å². The van der Waals surface area contributed by atoms with Crippen LogP contribution in [0.4, 0.5) is 8.78 Å². The van der Waals surface area contributed by atoms with E-state index in [9.17, 15) is 23.2 Å². The number of hydrogen-bond acceptors (Lipinski definition) is 4. The first kappa shape index (κ1) is 23.3. The van der Waals surface area contributed by atoms with Gasteiger partial charge in [0.25, 0.3) is 0 Å². The molecule has 0 heterocycles. The lowest BCUT2D eigenvalue weighted by molar-refractivity contribution is -0.152. The Morgan fingerprint density at radius 3 is 2.03 bits per heavy atom. The fraction of sp³-hybridized carbons (Fsp3) is 0.348. The Morgan fingerprint density at radius 2 is 1.53 bits per heavy atom. The predicted octanol–water partition coefficient (Wildman–Crippen LogP) is 3.57. The van der Waals surface area contributed by atoms with Gasteiger partial charge < -0.3 is 5.73 Å². The van der Waals surface area contributed by atoms with Crippen molar-refractivity contribution in [1.29, 1.82) is 0 Å². The summed E-state index contributed by atoms with van der Waals surface area (Å²) in [7, 11) is 0. The average molecular weight is 416 g/mol. The largest absolute Gasteiger partial charge is 0.320 e. The molecule has 0 aromatic heterocycles. The number of nitrogens with zero attached hydrogens (tertiary/aromatic N) is 1. The van der Waals surface area contributed by atoms with Crippen molar-refractivity contribution in [3.05, 3.63) is 71.3 Å². The number of hydrogen-bond donors (Lipinski definition) is 1. The third-order valence-corrected chi connectivity index (χ3v) is 4.46. The molecule has 30 heavy (non-hydrogen) atoms. The standard InChI is InChI=1S/C23H26F2N2O3/c1-14(2)9-20(28)22(17-7-5-4-6-8-17)27(23(30)15(3)26)21(29)12-16-10-18(24)13-19(25)11-16/h4-8,10-11,13-15,22H,9,12,26H2,1-3H3/t15-,22?/m0/s1. The van der Waals surface area contributed by atoms with E-state index in [2.05, 4.69) is 0 Å². The van der Waals surface area contributed by atoms with E-state index in [0.29, 0.717) is 11.6 Å². The number of nitrogens with two attached hydrogens (primary N) is 1. The van der Waals surface area contributed by atoms with Crippen LogP contribution < -0.4 is 5.73 Å². The molecule has 2 atom stereocenters. The normalized spacial score (nSPS) is 13.0. The molecule has 2 aromatic carbocycles. The third kappa shape index (κ3) is 6.03. The topological polar surface area (TPSA) is 80.5 Å². The van der Waals surface area contributed by atoms with Gasteiger partial charge in [0.2, 0.25) is 11.8 Å². The fourth-order valence-electron chi connectivity index (χ4n) is 3.21. The van der Waals surface area contributed by atoms with E-state index in [1.54, 1.807) is 30.3 Å². The number of halogens is 2. The molecule has 7 heteroatoms. The van der Waals surface area contributed by atoms with Gasteiger partial charge in [-0.05, 0) is 36.1 Å². The predicted molar refractivity (Wildman–Crippen MR) is 109 cm³/mol. The van der Waals surface area contributed by atoms with Gasteiger partial charge in [-0.15, -0.1) is 0 Å². The number of imide groups is 1. The summed E-state index contributed by atoms with van der Waals surface area (Å²) in [5.74, 6) is -3.47. The summed E-state index contributed by atoms with van der Waals surface area (Å²) in [6.45, 7) is 5.13. The molecule has 0 fully saturated rings. The summed E-state index contributed by atoms with van der Waals surface area (Å²) in [6, 6.07) is 8.97. The lowest BCUT2D eigenvalue weighted by Crippen LogP contribution is -2.50. The van der Waals surface area contributed by atoms with Crippen molar-refractivity contribution in [1.82, 2.24) is 4.90 Å². The summed E-state index contributed by atoms with van der Waals surface area (Å²) < 4.78 is 27.1. The Labute approximate surface area is 174 Å². The SMILES string of the molecule is CC(C)CC(=O)C(c1ccccc1)N(C(=O)Cc1cc(F)cc(F)c1)C(=O)[C@H](C)N. The van der Waals surface area contributed by atoms with Crippen molar-refractivity contribution in [3.8, 4) is 0 Å². The van der Waals surface area contributed by atoms with Crippen LogP contribution in [-0.4, -0.2) is 28.5 Å². The molecule has 0 radical (unpaired) electrons. The first-order chi connectivity index (χ1) is 14.1. The Kier molecular flexibility index (Phi) is 7.94. The second-order valence-corrected chi connectivity index (χ2v) is 7.72. The molecule has 1 unspecified atom stereocenters. The van der Waals surface area contributed by atoms with Gasteiger partial charge in [0.15, 0.2) is 5.78 Å². The third-order valence-electron chi connectivity index (χ3n) is 4.46. The lowest BCUT2D eigenvalue weighted by Gasteiger charge is -2.31. The van der Waals surface area contributed by atoms with Gasteiger partial charge in [-0.25, -0.2) is 8.78 Å². The summed E-state index contributed by atoms with van der Waals surface area (Å²) in [5.41, 5.74) is 6.29. The van der Waals surface area contributed by atoms with Crippen molar-refractivity contribution in [3.63, 3.8) is 0 Å². The highest BCUT2D eigenvalue weighted by Gasteiger charge is 2.37. The summed E-state index contributed by atoms with van der Waals surface area (Å²) in [4.78, 5) is 40.0. The maximum Gasteiger partial charge on any atom is 0.246 e. The van der Waals surface area contributed by atoms with Gasteiger partial charge in [0.05, 0.1) is 12.5 Å². The molecule has 0 spiro atoms. The maximum atomic E-state index is 13.6. The van der Waals surface area contributed by atoms with Crippen LogP contribution >= 0.6 is 0 Å². The molecule has 160 valence electrons. The number of ketones is 1. The van der Waals surface area contributed by atoms with E-state index >= 15 is 0 Å². The van der Waals surface area contributed by atoms with Crippen LogP contribution in [0.5, 0.6) is 0 Å². The van der Waals surface area contributed by atoms with Crippen LogP contribution in [0.2, 0.25) is 0 Å². The molecule has 0 saturated heterocycles. The Balaban J connectivity index is 2.50. The first-order valence-electron chi connectivity index (χ1n) is 9.74. The molecule has 2 rings (SSSR count). The fourth-order valence-corrected chi connectivity index (χ4v) is 3.21. The van der Waals surface area contributed by atoms with Crippen molar-refractivity contribution in [2.24, 2.45) is 11.7 Å². The maximum absolute atomic E-state index is 13.6. The van der Waals surface area contributed by atoms with Crippen LogP contribution in [0.15, 0.2) is 48.5 Å². The Bertz CT molecular complexity index is 894. The number of amides is 2. The minimum absolute atomic E-state index is 0.00313. The van der Waals surface area contributed by atoms with Crippen LogP contribution in [-0.2, 0) is 20.8 Å². The van der Waals surface area contributed by atoms with E-state index in [4.69, 9.17) is 5.73 Å². The summed E-state index contributed by atoms with van der Waals surface area (Å²) in [6.07, 6.45) is -0.310. The zero-order chi connectivity index (χ0) is 22.4. The highest BCUT2D eigenvalue weighted by Crippen LogP contribution is 2.27. The van der Waals surface area contributed by atoms with Crippen molar-refractivity contribution < 1.29 is 23.2 Å². The average Bonchev–Trinajstić information content (AvgIpc) is 2.64. The number of rotatable bonds is 8. The number of benzene rings is 2. The highest BCUT2D eigenvalue weighted by atomic mass is 19.1. The first-order valence-corrected chi connectivity index (χ1v) is 9.74.